The molecule has 27 heavy (non-hydrogen) atoms. The van der Waals surface area contributed by atoms with Crippen LogP contribution in [-0.2, 0) is 0 Å². The summed E-state index contributed by atoms with van der Waals surface area (Å²) in [4.78, 5) is 29.0. The minimum atomic E-state index is -0.374. The number of aryl methyl sites for hydroxylation is 1. The number of para-hydroxylation sites is 1. The van der Waals surface area contributed by atoms with Gasteiger partial charge in [0.25, 0.3) is 11.8 Å². The molecule has 136 valence electrons. The zero-order valence-electron chi connectivity index (χ0n) is 15.0. The van der Waals surface area contributed by atoms with E-state index in [1.807, 2.05) is 37.3 Å². The topological polar surface area (TPSA) is 80.3 Å². The maximum absolute atomic E-state index is 12.6. The first-order chi connectivity index (χ1) is 13.1. The van der Waals surface area contributed by atoms with Crippen molar-refractivity contribution in [2.24, 2.45) is 0 Å². The van der Waals surface area contributed by atoms with E-state index in [0.29, 0.717) is 22.7 Å². The summed E-state index contributed by atoms with van der Waals surface area (Å²) in [5, 5.41) is 5.57. The van der Waals surface area contributed by atoms with Gasteiger partial charge in [-0.3, -0.25) is 14.6 Å². The lowest BCUT2D eigenvalue weighted by molar-refractivity contribution is 0.102. The smallest absolute Gasteiger partial charge is 0.257 e. The molecule has 0 spiro atoms. The molecule has 6 heteroatoms. The first-order valence-corrected chi connectivity index (χ1v) is 8.34. The van der Waals surface area contributed by atoms with Crippen LogP contribution < -0.4 is 15.4 Å². The summed E-state index contributed by atoms with van der Waals surface area (Å²) in [6.45, 7) is 1.92. The van der Waals surface area contributed by atoms with E-state index in [1.54, 1.807) is 18.2 Å². The van der Waals surface area contributed by atoms with Crippen molar-refractivity contribution in [3.8, 4) is 5.75 Å². The highest BCUT2D eigenvalue weighted by Gasteiger charge is 2.14. The third-order valence-corrected chi connectivity index (χ3v) is 3.90. The number of hydrogen-bond acceptors (Lipinski definition) is 4. The van der Waals surface area contributed by atoms with Gasteiger partial charge in [-0.15, -0.1) is 0 Å². The van der Waals surface area contributed by atoms with E-state index in [4.69, 9.17) is 4.74 Å². The molecular weight excluding hydrogens is 342 g/mol. The predicted molar refractivity (Wildman–Crippen MR) is 104 cm³/mol. The zero-order chi connectivity index (χ0) is 19.2. The van der Waals surface area contributed by atoms with Crippen LogP contribution in [0, 0.1) is 6.92 Å². The monoisotopic (exact) mass is 361 g/mol. The number of pyridine rings is 1. The maximum atomic E-state index is 12.6. The summed E-state index contributed by atoms with van der Waals surface area (Å²) in [6.07, 6.45) is 2.83. The number of ether oxygens (including phenoxy) is 1. The lowest BCUT2D eigenvalue weighted by atomic mass is 10.1. The van der Waals surface area contributed by atoms with E-state index < -0.39 is 0 Å². The van der Waals surface area contributed by atoms with Crippen LogP contribution in [0.2, 0.25) is 0 Å². The van der Waals surface area contributed by atoms with Crippen LogP contribution in [0.5, 0.6) is 5.75 Å². The van der Waals surface area contributed by atoms with Crippen LogP contribution in [0.1, 0.15) is 26.3 Å². The molecule has 0 saturated heterocycles. The van der Waals surface area contributed by atoms with Gasteiger partial charge in [-0.1, -0.05) is 24.3 Å². The van der Waals surface area contributed by atoms with Crippen LogP contribution in [0.3, 0.4) is 0 Å². The minimum absolute atomic E-state index is 0.277. The van der Waals surface area contributed by atoms with E-state index >= 15 is 0 Å². The van der Waals surface area contributed by atoms with E-state index in [0.717, 1.165) is 5.56 Å². The molecule has 2 amide bonds. The highest BCUT2D eigenvalue weighted by atomic mass is 16.5. The summed E-state index contributed by atoms with van der Waals surface area (Å²) in [6, 6.07) is 16.1. The number of carbonyl (C=O) groups excluding carboxylic acids is 2. The third-order valence-electron chi connectivity index (χ3n) is 3.90. The van der Waals surface area contributed by atoms with Gasteiger partial charge in [0.15, 0.2) is 0 Å². The number of nitrogens with one attached hydrogen (secondary N) is 2. The first kappa shape index (κ1) is 18.1. The second kappa shape index (κ2) is 8.14. The Morgan fingerprint density at radius 3 is 2.22 bits per heavy atom. The second-order valence-electron chi connectivity index (χ2n) is 5.94. The normalized spacial score (nSPS) is 10.1. The molecule has 0 radical (unpaired) electrons. The van der Waals surface area contributed by atoms with Gasteiger partial charge in [0.1, 0.15) is 5.75 Å². The highest BCUT2D eigenvalue weighted by molar-refractivity contribution is 6.08. The third kappa shape index (κ3) is 4.49. The minimum Gasteiger partial charge on any atom is -0.495 e. The van der Waals surface area contributed by atoms with Crippen molar-refractivity contribution < 1.29 is 14.3 Å². The molecule has 0 atom stereocenters. The fourth-order valence-electron chi connectivity index (χ4n) is 2.53. The van der Waals surface area contributed by atoms with E-state index in [9.17, 15) is 9.59 Å². The molecule has 0 unspecified atom stereocenters. The van der Waals surface area contributed by atoms with Gasteiger partial charge in [-0.25, -0.2) is 0 Å². The number of benzene rings is 2. The van der Waals surface area contributed by atoms with Crippen molar-refractivity contribution in [2.75, 3.05) is 17.7 Å². The fourth-order valence-corrected chi connectivity index (χ4v) is 2.53. The number of methoxy groups -OCH3 is 1. The number of hydrogen-bond donors (Lipinski definition) is 2. The van der Waals surface area contributed by atoms with Gasteiger partial charge >= 0.3 is 0 Å². The number of anilines is 2. The Morgan fingerprint density at radius 2 is 1.56 bits per heavy atom. The quantitative estimate of drug-likeness (QED) is 0.722. The standard InChI is InChI=1S/C21H19N3O3/c1-14-8-9-19(27-2)18(10-14)24-21(26)16-11-15(12-22-13-16)20(25)23-17-6-4-3-5-7-17/h3-13H,1-2H3,(H,23,25)(H,24,26). The van der Waals surface area contributed by atoms with E-state index in [2.05, 4.69) is 15.6 Å². The maximum Gasteiger partial charge on any atom is 0.257 e. The number of amides is 2. The Bertz CT molecular complexity index is 971. The molecule has 3 rings (SSSR count). The molecule has 0 aliphatic rings. The lowest BCUT2D eigenvalue weighted by Crippen LogP contribution is -2.16. The number of carbonyl (C=O) groups is 2. The van der Waals surface area contributed by atoms with Crippen molar-refractivity contribution in [3.05, 3.63) is 83.7 Å². The number of nitrogens with zero attached hydrogens (tertiary/aromatic N) is 1. The van der Waals surface area contributed by atoms with Crippen LogP contribution in [0.4, 0.5) is 11.4 Å². The molecule has 0 aliphatic heterocycles. The molecule has 0 aliphatic carbocycles. The van der Waals surface area contributed by atoms with Crippen LogP contribution >= 0.6 is 0 Å². The Labute approximate surface area is 157 Å². The summed E-state index contributed by atoms with van der Waals surface area (Å²) < 4.78 is 5.27. The largest absolute Gasteiger partial charge is 0.495 e. The summed E-state index contributed by atoms with van der Waals surface area (Å²) >= 11 is 0. The van der Waals surface area contributed by atoms with Gasteiger partial charge in [0.05, 0.1) is 23.9 Å². The molecule has 0 fully saturated rings. The fraction of sp³-hybridized carbons (Fsp3) is 0.0952. The Kier molecular flexibility index (Phi) is 5.47. The molecular formula is C21H19N3O3. The van der Waals surface area contributed by atoms with Crippen LogP contribution in [-0.4, -0.2) is 23.9 Å². The van der Waals surface area contributed by atoms with E-state index in [-0.39, 0.29) is 17.4 Å². The Morgan fingerprint density at radius 1 is 0.889 bits per heavy atom. The molecule has 2 aromatic carbocycles. The summed E-state index contributed by atoms with van der Waals surface area (Å²) in [7, 11) is 1.54. The zero-order valence-corrected chi connectivity index (χ0v) is 15.0. The highest BCUT2D eigenvalue weighted by Crippen LogP contribution is 2.25. The molecule has 0 bridgehead atoms. The van der Waals surface area contributed by atoms with Gasteiger partial charge in [0, 0.05) is 18.1 Å². The lowest BCUT2D eigenvalue weighted by Gasteiger charge is -2.11. The summed E-state index contributed by atoms with van der Waals surface area (Å²) in [5.74, 6) is -0.155. The van der Waals surface area contributed by atoms with Crippen LogP contribution in [0.15, 0.2) is 67.0 Å². The molecule has 6 nitrogen and oxygen atoms in total. The molecule has 3 aromatic rings. The molecule has 2 N–H and O–H groups in total. The van der Waals surface area contributed by atoms with Crippen molar-refractivity contribution in [1.82, 2.24) is 4.98 Å². The van der Waals surface area contributed by atoms with E-state index in [1.165, 1.54) is 25.6 Å². The van der Waals surface area contributed by atoms with Gasteiger partial charge < -0.3 is 15.4 Å². The molecule has 1 aromatic heterocycles. The van der Waals surface area contributed by atoms with Crippen molar-refractivity contribution >= 4 is 23.2 Å². The van der Waals surface area contributed by atoms with Gasteiger partial charge in [-0.2, -0.15) is 0 Å². The SMILES string of the molecule is COc1ccc(C)cc1NC(=O)c1cncc(C(=O)Nc2ccccc2)c1. The second-order valence-corrected chi connectivity index (χ2v) is 5.94. The molecule has 1 heterocycles. The average molecular weight is 361 g/mol. The summed E-state index contributed by atoms with van der Waals surface area (Å²) in [5.41, 5.74) is 2.78. The average Bonchev–Trinajstić information content (AvgIpc) is 2.69. The van der Waals surface area contributed by atoms with Crippen molar-refractivity contribution in [3.63, 3.8) is 0 Å². The number of aromatic nitrogens is 1. The van der Waals surface area contributed by atoms with Crippen LogP contribution in [0.25, 0.3) is 0 Å². The first-order valence-electron chi connectivity index (χ1n) is 8.34. The Balaban J connectivity index is 1.78. The van der Waals surface area contributed by atoms with Crippen molar-refractivity contribution in [1.29, 1.82) is 0 Å². The number of rotatable bonds is 5. The van der Waals surface area contributed by atoms with Gasteiger partial charge in [-0.05, 0) is 42.8 Å². The van der Waals surface area contributed by atoms with Gasteiger partial charge in [0.2, 0.25) is 0 Å². The van der Waals surface area contributed by atoms with Crippen molar-refractivity contribution in [2.45, 2.75) is 6.92 Å². The Hall–Kier alpha value is -3.67. The molecule has 0 saturated carbocycles. The predicted octanol–water partition coefficient (Wildman–Crippen LogP) is 3.90.